The Labute approximate surface area is 191 Å². The number of anilines is 1. The van der Waals surface area contributed by atoms with Crippen LogP contribution < -0.4 is 5.32 Å². The average molecular weight is 469 g/mol. The predicted molar refractivity (Wildman–Crippen MR) is 125 cm³/mol. The van der Waals surface area contributed by atoms with Gasteiger partial charge in [0.05, 0.1) is 16.8 Å². The Morgan fingerprint density at radius 3 is 2.56 bits per heavy atom. The quantitative estimate of drug-likeness (QED) is 0.444. The number of hydrogen-bond acceptors (Lipinski definition) is 5. The van der Waals surface area contributed by atoms with Gasteiger partial charge in [-0.05, 0) is 42.8 Å². The number of halogens is 1. The Hall–Kier alpha value is -3.23. The zero-order chi connectivity index (χ0) is 22.9. The molecule has 2 aromatic heterocycles. The number of rotatable bonds is 6. The number of benzene rings is 2. The molecule has 0 atom stereocenters. The molecule has 0 aliphatic carbocycles. The van der Waals surface area contributed by atoms with Gasteiger partial charge in [-0.15, -0.1) is 0 Å². The molecule has 0 fully saturated rings. The van der Waals surface area contributed by atoms with Crippen LogP contribution in [0.25, 0.3) is 16.9 Å². The van der Waals surface area contributed by atoms with Gasteiger partial charge in [-0.1, -0.05) is 43.1 Å². The Balaban J connectivity index is 1.76. The topological polar surface area (TPSA) is 93.4 Å². The second kappa shape index (κ2) is 8.72. The molecule has 0 saturated heterocycles. The Bertz CT molecular complexity index is 1410. The SMILES string of the molecule is CCCc1cc(-c2ccc(Cl)cc2)nc2c(C(=O)Nc3cccc(S(C)(=O)=O)c3)cnn12. The van der Waals surface area contributed by atoms with Crippen molar-refractivity contribution in [1.29, 1.82) is 0 Å². The highest BCUT2D eigenvalue weighted by molar-refractivity contribution is 7.90. The number of nitrogens with zero attached hydrogens (tertiary/aromatic N) is 3. The minimum atomic E-state index is -3.39. The summed E-state index contributed by atoms with van der Waals surface area (Å²) in [4.78, 5) is 17.9. The molecule has 2 aromatic carbocycles. The molecule has 0 spiro atoms. The number of hydrogen-bond donors (Lipinski definition) is 1. The predicted octanol–water partition coefficient (Wildman–Crippen LogP) is 4.66. The first-order valence-electron chi connectivity index (χ1n) is 10.0. The third-order valence-electron chi connectivity index (χ3n) is 4.96. The van der Waals surface area contributed by atoms with Crippen molar-refractivity contribution in [3.8, 4) is 11.3 Å². The lowest BCUT2D eigenvalue weighted by atomic mass is 10.1. The number of nitrogens with one attached hydrogen (secondary N) is 1. The molecule has 0 aliphatic heterocycles. The minimum Gasteiger partial charge on any atom is -0.322 e. The summed E-state index contributed by atoms with van der Waals surface area (Å²) in [6.07, 6.45) is 4.26. The molecule has 1 amide bonds. The van der Waals surface area contributed by atoms with Gasteiger partial charge in [0.25, 0.3) is 5.91 Å². The fourth-order valence-corrected chi connectivity index (χ4v) is 4.18. The lowest BCUT2D eigenvalue weighted by Gasteiger charge is -2.09. The number of aromatic nitrogens is 3. The van der Waals surface area contributed by atoms with Gasteiger partial charge in [0.15, 0.2) is 15.5 Å². The summed E-state index contributed by atoms with van der Waals surface area (Å²) in [5.41, 5.74) is 3.62. The largest absolute Gasteiger partial charge is 0.322 e. The molecule has 9 heteroatoms. The van der Waals surface area contributed by atoms with Gasteiger partial charge in [-0.2, -0.15) is 5.10 Å². The van der Waals surface area contributed by atoms with E-state index in [1.807, 2.05) is 18.2 Å². The van der Waals surface area contributed by atoms with Crippen LogP contribution in [0, 0.1) is 0 Å². The monoisotopic (exact) mass is 468 g/mol. The molecule has 4 rings (SSSR count). The van der Waals surface area contributed by atoms with Gasteiger partial charge >= 0.3 is 0 Å². The molecule has 32 heavy (non-hydrogen) atoms. The Kier molecular flexibility index (Phi) is 5.99. The van der Waals surface area contributed by atoms with E-state index in [2.05, 4.69) is 17.3 Å². The standard InChI is InChI=1S/C23H21ClN4O3S/c1-3-5-18-13-21(15-8-10-16(24)11-9-15)27-22-20(14-25-28(18)22)23(29)26-17-6-4-7-19(12-17)32(2,30)31/h4,6-14H,3,5H2,1-2H3,(H,26,29). The summed E-state index contributed by atoms with van der Waals surface area (Å²) in [6.45, 7) is 2.07. The number of fused-ring (bicyclic) bond motifs is 1. The van der Waals surface area contributed by atoms with Crippen LogP contribution in [0.1, 0.15) is 29.4 Å². The van der Waals surface area contributed by atoms with Crippen LogP contribution in [0.5, 0.6) is 0 Å². The van der Waals surface area contributed by atoms with Crippen LogP contribution in [0.2, 0.25) is 5.02 Å². The highest BCUT2D eigenvalue weighted by Crippen LogP contribution is 2.24. The Morgan fingerprint density at radius 2 is 1.88 bits per heavy atom. The summed E-state index contributed by atoms with van der Waals surface area (Å²) in [7, 11) is -3.39. The first-order chi connectivity index (χ1) is 15.3. The van der Waals surface area contributed by atoms with Crippen molar-refractivity contribution >= 4 is 38.7 Å². The fraction of sp³-hybridized carbons (Fsp3) is 0.174. The first-order valence-corrected chi connectivity index (χ1v) is 12.3. The third-order valence-corrected chi connectivity index (χ3v) is 6.32. The summed E-state index contributed by atoms with van der Waals surface area (Å²) in [5, 5.41) is 7.76. The fourth-order valence-electron chi connectivity index (χ4n) is 3.39. The van der Waals surface area contributed by atoms with Gasteiger partial charge in [0.1, 0.15) is 5.56 Å². The van der Waals surface area contributed by atoms with Crippen molar-refractivity contribution in [3.05, 3.63) is 77.1 Å². The van der Waals surface area contributed by atoms with Crippen LogP contribution in [-0.4, -0.2) is 35.2 Å². The number of aryl methyl sites for hydroxylation is 1. The first kappa shape index (κ1) is 22.0. The van der Waals surface area contributed by atoms with Crippen LogP contribution in [0.4, 0.5) is 5.69 Å². The number of amides is 1. The van der Waals surface area contributed by atoms with Gasteiger partial charge in [0, 0.05) is 28.2 Å². The van der Waals surface area contributed by atoms with Crippen molar-refractivity contribution < 1.29 is 13.2 Å². The van der Waals surface area contributed by atoms with Crippen LogP contribution in [-0.2, 0) is 16.3 Å². The van der Waals surface area contributed by atoms with E-state index >= 15 is 0 Å². The number of carbonyl (C=O) groups is 1. The summed E-state index contributed by atoms with van der Waals surface area (Å²) in [6, 6.07) is 15.4. The third kappa shape index (κ3) is 4.51. The molecule has 0 bridgehead atoms. The van der Waals surface area contributed by atoms with E-state index in [0.29, 0.717) is 27.6 Å². The van der Waals surface area contributed by atoms with Gasteiger partial charge in [-0.25, -0.2) is 17.9 Å². The highest BCUT2D eigenvalue weighted by atomic mass is 35.5. The van der Waals surface area contributed by atoms with Crippen LogP contribution in [0.15, 0.2) is 65.7 Å². The van der Waals surface area contributed by atoms with Gasteiger partial charge in [0.2, 0.25) is 0 Å². The molecule has 0 saturated carbocycles. The number of sulfone groups is 1. The summed E-state index contributed by atoms with van der Waals surface area (Å²) >= 11 is 6.02. The van der Waals surface area contributed by atoms with E-state index in [-0.39, 0.29) is 4.90 Å². The molecule has 0 radical (unpaired) electrons. The second-order valence-electron chi connectivity index (χ2n) is 7.44. The van der Waals surface area contributed by atoms with Crippen LogP contribution >= 0.6 is 11.6 Å². The molecular weight excluding hydrogens is 448 g/mol. The van der Waals surface area contributed by atoms with E-state index in [1.165, 1.54) is 18.3 Å². The Morgan fingerprint density at radius 1 is 1.12 bits per heavy atom. The maximum absolute atomic E-state index is 13.0. The van der Waals surface area contributed by atoms with Crippen molar-refractivity contribution in [2.75, 3.05) is 11.6 Å². The van der Waals surface area contributed by atoms with Crippen LogP contribution in [0.3, 0.4) is 0 Å². The zero-order valence-electron chi connectivity index (χ0n) is 17.5. The molecule has 2 heterocycles. The molecule has 0 unspecified atom stereocenters. The molecule has 0 aliphatic rings. The molecule has 4 aromatic rings. The molecule has 164 valence electrons. The van der Waals surface area contributed by atoms with E-state index in [0.717, 1.165) is 30.4 Å². The lowest BCUT2D eigenvalue weighted by Crippen LogP contribution is -2.13. The lowest BCUT2D eigenvalue weighted by molar-refractivity contribution is 0.102. The average Bonchev–Trinajstić information content (AvgIpc) is 3.18. The minimum absolute atomic E-state index is 0.128. The maximum atomic E-state index is 13.0. The van der Waals surface area contributed by atoms with E-state index in [9.17, 15) is 13.2 Å². The van der Waals surface area contributed by atoms with E-state index < -0.39 is 15.7 Å². The van der Waals surface area contributed by atoms with E-state index in [1.54, 1.807) is 28.8 Å². The van der Waals surface area contributed by atoms with E-state index in [4.69, 9.17) is 16.6 Å². The highest BCUT2D eigenvalue weighted by Gasteiger charge is 2.18. The van der Waals surface area contributed by atoms with Crippen molar-refractivity contribution in [2.45, 2.75) is 24.7 Å². The smallest absolute Gasteiger partial charge is 0.261 e. The molecule has 1 N–H and O–H groups in total. The zero-order valence-corrected chi connectivity index (χ0v) is 19.1. The molecule has 7 nitrogen and oxygen atoms in total. The summed E-state index contributed by atoms with van der Waals surface area (Å²) in [5.74, 6) is -0.422. The normalized spacial score (nSPS) is 11.6. The van der Waals surface area contributed by atoms with Gasteiger partial charge < -0.3 is 5.32 Å². The number of carbonyl (C=O) groups excluding carboxylic acids is 1. The van der Waals surface area contributed by atoms with Crippen molar-refractivity contribution in [2.24, 2.45) is 0 Å². The maximum Gasteiger partial charge on any atom is 0.261 e. The second-order valence-corrected chi connectivity index (χ2v) is 9.89. The molecular formula is C23H21ClN4O3S. The summed E-state index contributed by atoms with van der Waals surface area (Å²) < 4.78 is 25.3. The van der Waals surface area contributed by atoms with Crippen molar-refractivity contribution in [3.63, 3.8) is 0 Å². The van der Waals surface area contributed by atoms with Gasteiger partial charge in [-0.3, -0.25) is 4.79 Å². The van der Waals surface area contributed by atoms with Crippen molar-refractivity contribution in [1.82, 2.24) is 14.6 Å².